The number of amides is 2. The third-order valence-electron chi connectivity index (χ3n) is 3.73. The number of ether oxygens (including phenoxy) is 1. The van der Waals surface area contributed by atoms with E-state index in [0.29, 0.717) is 17.0 Å². The molecule has 128 valence electrons. The minimum absolute atomic E-state index is 0.0617. The van der Waals surface area contributed by atoms with Crippen LogP contribution in [0.5, 0.6) is 5.75 Å². The smallest absolute Gasteiger partial charge is 0.274 e. The maximum Gasteiger partial charge on any atom is 0.274 e. The first kappa shape index (κ1) is 16.4. The lowest BCUT2D eigenvalue weighted by molar-refractivity contribution is -0.384. The number of nitro benzene ring substituents is 1. The van der Waals surface area contributed by atoms with Gasteiger partial charge < -0.3 is 9.64 Å². The Balaban J connectivity index is 1.93. The number of hydroxylamine groups is 1. The number of fused-ring (bicyclic) bond motifs is 1. The molecule has 0 aliphatic carbocycles. The number of rotatable bonds is 4. The topological polar surface area (TPSA) is 122 Å². The third kappa shape index (κ3) is 3.26. The summed E-state index contributed by atoms with van der Waals surface area (Å²) in [6.45, 7) is -0.0887. The molecule has 1 aliphatic heterocycles. The molecule has 0 saturated carbocycles. The summed E-state index contributed by atoms with van der Waals surface area (Å²) in [5.74, 6) is -0.696. The van der Waals surface area contributed by atoms with Gasteiger partial charge in [-0.1, -0.05) is 12.1 Å². The largest absolute Gasteiger partial charge is 0.482 e. The van der Waals surface area contributed by atoms with Gasteiger partial charge in [-0.2, -0.15) is 0 Å². The molecule has 9 nitrogen and oxygen atoms in total. The highest BCUT2D eigenvalue weighted by Crippen LogP contribution is 2.34. The van der Waals surface area contributed by atoms with Crippen molar-refractivity contribution in [2.75, 3.05) is 11.5 Å². The number of nitrogens with zero attached hydrogens (tertiary/aromatic N) is 2. The van der Waals surface area contributed by atoms with Gasteiger partial charge in [-0.3, -0.25) is 24.9 Å². The number of carbonyl (C=O) groups excluding carboxylic acids is 2. The lowest BCUT2D eigenvalue weighted by Gasteiger charge is -2.29. The van der Waals surface area contributed by atoms with Gasteiger partial charge in [0.05, 0.1) is 17.2 Å². The SMILES string of the molecule is O=C(NO)c1ccc2c(c1)OCC(=O)N2Cc1cccc([N+](=O)[O-])c1. The van der Waals surface area contributed by atoms with Gasteiger partial charge >= 0.3 is 0 Å². The first-order chi connectivity index (χ1) is 12.0. The van der Waals surface area contributed by atoms with Crippen LogP contribution < -0.4 is 15.1 Å². The van der Waals surface area contributed by atoms with Crippen molar-refractivity contribution < 1.29 is 24.5 Å². The monoisotopic (exact) mass is 343 g/mol. The van der Waals surface area contributed by atoms with Crippen molar-refractivity contribution in [1.82, 2.24) is 5.48 Å². The molecule has 2 aromatic rings. The van der Waals surface area contributed by atoms with Crippen molar-refractivity contribution in [3.05, 3.63) is 63.7 Å². The first-order valence-corrected chi connectivity index (χ1v) is 7.24. The quantitative estimate of drug-likeness (QED) is 0.494. The van der Waals surface area contributed by atoms with E-state index in [0.717, 1.165) is 0 Å². The maximum atomic E-state index is 12.2. The zero-order valence-corrected chi connectivity index (χ0v) is 12.8. The Morgan fingerprint density at radius 2 is 2.12 bits per heavy atom. The van der Waals surface area contributed by atoms with Crippen LogP contribution in [0.4, 0.5) is 11.4 Å². The highest BCUT2D eigenvalue weighted by Gasteiger charge is 2.27. The van der Waals surface area contributed by atoms with Crippen molar-refractivity contribution in [2.24, 2.45) is 0 Å². The van der Waals surface area contributed by atoms with E-state index in [9.17, 15) is 19.7 Å². The van der Waals surface area contributed by atoms with Crippen LogP contribution in [0.3, 0.4) is 0 Å². The number of benzene rings is 2. The fourth-order valence-electron chi connectivity index (χ4n) is 2.53. The van der Waals surface area contributed by atoms with E-state index < -0.39 is 10.8 Å². The summed E-state index contributed by atoms with van der Waals surface area (Å²) in [6, 6.07) is 10.4. The molecular formula is C16H13N3O6. The van der Waals surface area contributed by atoms with E-state index >= 15 is 0 Å². The summed E-state index contributed by atoms with van der Waals surface area (Å²) >= 11 is 0. The Labute approximate surface area is 141 Å². The summed E-state index contributed by atoms with van der Waals surface area (Å²) in [5, 5.41) is 19.6. The third-order valence-corrected chi connectivity index (χ3v) is 3.73. The van der Waals surface area contributed by atoms with Crippen LogP contribution >= 0.6 is 0 Å². The number of carbonyl (C=O) groups is 2. The summed E-state index contributed by atoms with van der Waals surface area (Å²) in [7, 11) is 0. The molecule has 0 bridgehead atoms. The molecular weight excluding hydrogens is 330 g/mol. The van der Waals surface area contributed by atoms with Gasteiger partial charge in [-0.25, -0.2) is 5.48 Å². The zero-order chi connectivity index (χ0) is 18.0. The molecule has 1 heterocycles. The van der Waals surface area contributed by atoms with Gasteiger partial charge in [0.2, 0.25) is 0 Å². The molecule has 2 amide bonds. The highest BCUT2D eigenvalue weighted by molar-refractivity contribution is 6.00. The molecule has 1 aliphatic rings. The normalized spacial score (nSPS) is 13.0. The number of hydrogen-bond donors (Lipinski definition) is 2. The Kier molecular flexibility index (Phi) is 4.31. The summed E-state index contributed by atoms with van der Waals surface area (Å²) in [5.41, 5.74) is 2.67. The number of hydrogen-bond acceptors (Lipinski definition) is 6. The van der Waals surface area contributed by atoms with Crippen LogP contribution in [0.15, 0.2) is 42.5 Å². The van der Waals surface area contributed by atoms with Crippen LogP contribution in [0.25, 0.3) is 0 Å². The molecule has 0 aromatic heterocycles. The molecule has 9 heteroatoms. The molecule has 2 N–H and O–H groups in total. The second-order valence-corrected chi connectivity index (χ2v) is 5.32. The highest BCUT2D eigenvalue weighted by atomic mass is 16.6. The van der Waals surface area contributed by atoms with Gasteiger partial charge in [0.15, 0.2) is 6.61 Å². The van der Waals surface area contributed by atoms with E-state index in [1.807, 2.05) is 0 Å². The average Bonchev–Trinajstić information content (AvgIpc) is 2.63. The molecule has 0 saturated heterocycles. The van der Waals surface area contributed by atoms with E-state index in [1.165, 1.54) is 40.7 Å². The molecule has 0 fully saturated rings. The van der Waals surface area contributed by atoms with Gasteiger partial charge in [0.1, 0.15) is 5.75 Å². The van der Waals surface area contributed by atoms with E-state index in [2.05, 4.69) is 0 Å². The minimum Gasteiger partial charge on any atom is -0.482 e. The summed E-state index contributed by atoms with van der Waals surface area (Å²) in [6.07, 6.45) is 0. The lowest BCUT2D eigenvalue weighted by atomic mass is 10.1. The fourth-order valence-corrected chi connectivity index (χ4v) is 2.53. The second-order valence-electron chi connectivity index (χ2n) is 5.32. The van der Waals surface area contributed by atoms with E-state index in [-0.39, 0.29) is 30.3 Å². The molecule has 25 heavy (non-hydrogen) atoms. The molecule has 3 rings (SSSR count). The van der Waals surface area contributed by atoms with Crippen molar-refractivity contribution in [3.8, 4) is 5.75 Å². The fraction of sp³-hybridized carbons (Fsp3) is 0.125. The molecule has 0 spiro atoms. The molecule has 0 radical (unpaired) electrons. The Morgan fingerprint density at radius 3 is 2.84 bits per heavy atom. The number of nitrogens with one attached hydrogen (secondary N) is 1. The number of anilines is 1. The van der Waals surface area contributed by atoms with Crippen molar-refractivity contribution >= 4 is 23.2 Å². The Hall–Kier alpha value is -3.46. The standard InChI is InChI=1S/C16H13N3O6/c20-15-9-25-14-7-11(16(21)17-22)4-5-13(14)18(15)8-10-2-1-3-12(6-10)19(23)24/h1-7,22H,8-9H2,(H,17,21). The molecule has 0 atom stereocenters. The molecule has 0 unspecified atom stereocenters. The van der Waals surface area contributed by atoms with Crippen LogP contribution in [0.1, 0.15) is 15.9 Å². The summed E-state index contributed by atoms with van der Waals surface area (Å²) in [4.78, 5) is 35.5. The molecule has 2 aromatic carbocycles. The predicted octanol–water partition coefficient (Wildman–Crippen LogP) is 1.64. The lowest BCUT2D eigenvalue weighted by Crippen LogP contribution is -2.38. The van der Waals surface area contributed by atoms with Gasteiger partial charge in [0, 0.05) is 17.7 Å². The van der Waals surface area contributed by atoms with Crippen molar-refractivity contribution in [1.29, 1.82) is 0 Å². The Morgan fingerprint density at radius 1 is 1.32 bits per heavy atom. The van der Waals surface area contributed by atoms with Crippen LogP contribution in [-0.4, -0.2) is 28.6 Å². The van der Waals surface area contributed by atoms with Crippen LogP contribution in [-0.2, 0) is 11.3 Å². The number of nitro groups is 1. The van der Waals surface area contributed by atoms with Crippen LogP contribution in [0, 0.1) is 10.1 Å². The average molecular weight is 343 g/mol. The second kappa shape index (κ2) is 6.57. The van der Waals surface area contributed by atoms with Gasteiger partial charge in [0.25, 0.3) is 17.5 Å². The van der Waals surface area contributed by atoms with E-state index in [1.54, 1.807) is 12.1 Å². The maximum absolute atomic E-state index is 12.2. The van der Waals surface area contributed by atoms with Gasteiger partial charge in [-0.15, -0.1) is 0 Å². The zero-order valence-electron chi connectivity index (χ0n) is 12.8. The van der Waals surface area contributed by atoms with Crippen molar-refractivity contribution in [3.63, 3.8) is 0 Å². The summed E-state index contributed by atoms with van der Waals surface area (Å²) < 4.78 is 5.34. The minimum atomic E-state index is -0.700. The van der Waals surface area contributed by atoms with Crippen molar-refractivity contribution in [2.45, 2.75) is 6.54 Å². The number of non-ortho nitro benzene ring substituents is 1. The predicted molar refractivity (Wildman–Crippen MR) is 85.5 cm³/mol. The van der Waals surface area contributed by atoms with Crippen LogP contribution in [0.2, 0.25) is 0 Å². The first-order valence-electron chi connectivity index (χ1n) is 7.24. The Bertz CT molecular complexity index is 867. The van der Waals surface area contributed by atoms with Gasteiger partial charge in [-0.05, 0) is 23.8 Å². The van der Waals surface area contributed by atoms with E-state index in [4.69, 9.17) is 9.94 Å².